The first-order valence-electron chi connectivity index (χ1n) is 9.70. The summed E-state index contributed by atoms with van der Waals surface area (Å²) in [6.07, 6.45) is 4.28. The number of carbonyl (C=O) groups is 4. The molecule has 1 aromatic rings. The summed E-state index contributed by atoms with van der Waals surface area (Å²) in [7, 11) is 0. The summed E-state index contributed by atoms with van der Waals surface area (Å²) in [4.78, 5) is 51.3. The fourth-order valence-electron chi connectivity index (χ4n) is 5.02. The lowest BCUT2D eigenvalue weighted by Gasteiger charge is -2.32. The maximum Gasteiger partial charge on any atom is 0.334 e. The van der Waals surface area contributed by atoms with Gasteiger partial charge in [-0.05, 0) is 56.1 Å². The van der Waals surface area contributed by atoms with Gasteiger partial charge in [0.1, 0.15) is 6.54 Å². The van der Waals surface area contributed by atoms with Crippen molar-refractivity contribution in [3.63, 3.8) is 0 Å². The number of rotatable bonds is 5. The molecule has 7 nitrogen and oxygen atoms in total. The molecule has 4 atom stereocenters. The van der Waals surface area contributed by atoms with Crippen LogP contribution in [0.2, 0.25) is 0 Å². The summed E-state index contributed by atoms with van der Waals surface area (Å²) < 4.78 is 26.2. The van der Waals surface area contributed by atoms with E-state index in [1.54, 1.807) is 6.92 Å². The molecule has 5 amide bonds. The Kier molecular flexibility index (Phi) is 4.84. The molecule has 1 heterocycles. The number of anilines is 1. The van der Waals surface area contributed by atoms with Crippen LogP contribution in [0.5, 0.6) is 0 Å². The van der Waals surface area contributed by atoms with Gasteiger partial charge in [-0.1, -0.05) is 6.42 Å². The van der Waals surface area contributed by atoms with Crippen molar-refractivity contribution in [1.29, 1.82) is 0 Å². The summed E-state index contributed by atoms with van der Waals surface area (Å²) in [6, 6.07) is 1.57. The molecule has 9 heteroatoms. The number of nitrogens with zero attached hydrogens (tertiary/aromatic N) is 2. The van der Waals surface area contributed by atoms with Gasteiger partial charge in [-0.3, -0.25) is 19.3 Å². The Balaban J connectivity index is 1.43. The molecular weight excluding hydrogens is 384 g/mol. The van der Waals surface area contributed by atoms with Crippen LogP contribution in [0, 0.1) is 29.4 Å². The molecule has 4 rings (SSSR count). The Morgan fingerprint density at radius 1 is 1.14 bits per heavy atom. The molecule has 0 aromatic heterocycles. The van der Waals surface area contributed by atoms with Gasteiger partial charge in [0.05, 0.1) is 0 Å². The molecule has 1 saturated heterocycles. The second-order valence-corrected chi connectivity index (χ2v) is 8.11. The first kappa shape index (κ1) is 19.5. The van der Waals surface area contributed by atoms with E-state index >= 15 is 0 Å². The normalized spacial score (nSPS) is 27.1. The van der Waals surface area contributed by atoms with Crippen molar-refractivity contribution in [3.05, 3.63) is 29.8 Å². The largest absolute Gasteiger partial charge is 0.334 e. The second kappa shape index (κ2) is 7.20. The number of nitrogens with one attached hydrogen (secondary N) is 1. The molecule has 1 aliphatic heterocycles. The van der Waals surface area contributed by atoms with Crippen LogP contribution < -0.4 is 5.32 Å². The van der Waals surface area contributed by atoms with Crippen molar-refractivity contribution >= 4 is 29.4 Å². The summed E-state index contributed by atoms with van der Waals surface area (Å²) in [5, 5.41) is 2.29. The number of amides is 5. The zero-order valence-electron chi connectivity index (χ0n) is 15.9. The molecule has 2 saturated carbocycles. The van der Waals surface area contributed by atoms with Gasteiger partial charge in [-0.2, -0.15) is 0 Å². The number of hydrogen-bond donors (Lipinski definition) is 1. The summed E-state index contributed by atoms with van der Waals surface area (Å²) in [5.74, 6) is -3.73. The van der Waals surface area contributed by atoms with Gasteiger partial charge in [-0.15, -0.1) is 0 Å². The minimum atomic E-state index is -1.14. The molecule has 154 valence electrons. The van der Waals surface area contributed by atoms with Crippen LogP contribution in [0.25, 0.3) is 0 Å². The van der Waals surface area contributed by atoms with E-state index in [-0.39, 0.29) is 11.6 Å². The lowest BCUT2D eigenvalue weighted by atomic mass is 9.83. The lowest BCUT2D eigenvalue weighted by molar-refractivity contribution is -0.144. The number of halogens is 2. The molecule has 29 heavy (non-hydrogen) atoms. The van der Waals surface area contributed by atoms with Gasteiger partial charge >= 0.3 is 17.8 Å². The van der Waals surface area contributed by atoms with Crippen LogP contribution in [0.4, 0.5) is 19.3 Å². The van der Waals surface area contributed by atoms with Crippen LogP contribution in [-0.2, 0) is 14.4 Å². The Morgan fingerprint density at radius 2 is 1.90 bits per heavy atom. The van der Waals surface area contributed by atoms with Gasteiger partial charge in [0, 0.05) is 17.8 Å². The third-order valence-electron chi connectivity index (χ3n) is 6.41. The standard InChI is InChI=1S/C20H21F2N3O4/c1-10(14-7-11-2-3-12(14)6-11)25-19(28)18(27)24(20(25)29)9-17(26)23-13-4-5-15(21)16(22)8-13/h4-5,8,10-12,14H,2-3,6-7,9H2,1H3,(H,23,26). The summed E-state index contributed by atoms with van der Waals surface area (Å²) in [6.45, 7) is 1.10. The monoisotopic (exact) mass is 405 g/mol. The quantitative estimate of drug-likeness (QED) is 0.603. The molecular formula is C20H21F2N3O4. The van der Waals surface area contributed by atoms with E-state index in [0.717, 1.165) is 42.4 Å². The highest BCUT2D eigenvalue weighted by atomic mass is 19.2. The second-order valence-electron chi connectivity index (χ2n) is 8.11. The van der Waals surface area contributed by atoms with Crippen molar-refractivity contribution in [3.8, 4) is 0 Å². The molecule has 3 fully saturated rings. The average molecular weight is 405 g/mol. The molecule has 0 spiro atoms. The summed E-state index contributed by atoms with van der Waals surface area (Å²) >= 11 is 0. The Hall–Kier alpha value is -2.84. The van der Waals surface area contributed by atoms with Crippen molar-refractivity contribution < 1.29 is 28.0 Å². The highest BCUT2D eigenvalue weighted by molar-refractivity contribution is 6.45. The van der Waals surface area contributed by atoms with E-state index in [1.807, 2.05) is 0 Å². The van der Waals surface area contributed by atoms with Gasteiger partial charge in [0.15, 0.2) is 11.6 Å². The molecule has 2 aliphatic carbocycles. The summed E-state index contributed by atoms with van der Waals surface area (Å²) in [5.41, 5.74) is -0.0217. The van der Waals surface area contributed by atoms with E-state index in [0.29, 0.717) is 16.7 Å². The number of carbonyl (C=O) groups excluding carboxylic acids is 4. The smallest absolute Gasteiger partial charge is 0.324 e. The van der Waals surface area contributed by atoms with Crippen molar-refractivity contribution in [2.75, 3.05) is 11.9 Å². The van der Waals surface area contributed by atoms with Crippen molar-refractivity contribution in [2.24, 2.45) is 17.8 Å². The molecule has 0 radical (unpaired) electrons. The molecule has 4 unspecified atom stereocenters. The van der Waals surface area contributed by atoms with E-state index in [2.05, 4.69) is 5.32 Å². The van der Waals surface area contributed by atoms with Crippen LogP contribution in [-0.4, -0.2) is 46.1 Å². The zero-order chi connectivity index (χ0) is 20.9. The fraction of sp³-hybridized carbons (Fsp3) is 0.500. The van der Waals surface area contributed by atoms with Gasteiger partial charge in [-0.25, -0.2) is 18.5 Å². The zero-order valence-corrected chi connectivity index (χ0v) is 15.9. The van der Waals surface area contributed by atoms with Crippen LogP contribution in [0.15, 0.2) is 18.2 Å². The van der Waals surface area contributed by atoms with Gasteiger partial charge < -0.3 is 5.32 Å². The Labute approximate surface area is 166 Å². The van der Waals surface area contributed by atoms with E-state index in [4.69, 9.17) is 0 Å². The highest BCUT2D eigenvalue weighted by Crippen LogP contribution is 2.50. The average Bonchev–Trinajstić information content (AvgIpc) is 3.36. The maximum atomic E-state index is 13.3. The number of fused-ring (bicyclic) bond motifs is 2. The number of urea groups is 1. The van der Waals surface area contributed by atoms with Gasteiger partial charge in [0.25, 0.3) is 0 Å². The van der Waals surface area contributed by atoms with E-state index < -0.39 is 48.0 Å². The minimum Gasteiger partial charge on any atom is -0.324 e. The van der Waals surface area contributed by atoms with Gasteiger partial charge in [0.2, 0.25) is 5.91 Å². The molecule has 1 N–H and O–H groups in total. The van der Waals surface area contributed by atoms with Crippen LogP contribution in [0.1, 0.15) is 32.6 Å². The topological polar surface area (TPSA) is 86.8 Å². The predicted molar refractivity (Wildman–Crippen MR) is 97.3 cm³/mol. The number of hydrogen-bond acceptors (Lipinski definition) is 4. The molecule has 3 aliphatic rings. The Bertz CT molecular complexity index is 906. The minimum absolute atomic E-state index is 0.0217. The Morgan fingerprint density at radius 3 is 2.52 bits per heavy atom. The van der Waals surface area contributed by atoms with Crippen LogP contribution >= 0.6 is 0 Å². The highest BCUT2D eigenvalue weighted by Gasteiger charge is 2.52. The predicted octanol–water partition coefficient (Wildman–Crippen LogP) is 2.52. The SMILES string of the molecule is CC(C1CC2CCC1C2)N1C(=O)C(=O)N(CC(=O)Nc2ccc(F)c(F)c2)C1=O. The maximum absolute atomic E-state index is 13.3. The van der Waals surface area contributed by atoms with Crippen molar-refractivity contribution in [2.45, 2.75) is 38.6 Å². The number of benzene rings is 1. The van der Waals surface area contributed by atoms with Crippen LogP contribution in [0.3, 0.4) is 0 Å². The van der Waals surface area contributed by atoms with Crippen molar-refractivity contribution in [1.82, 2.24) is 9.80 Å². The third-order valence-corrected chi connectivity index (χ3v) is 6.41. The van der Waals surface area contributed by atoms with E-state index in [1.165, 1.54) is 6.42 Å². The van der Waals surface area contributed by atoms with E-state index in [9.17, 15) is 28.0 Å². The first-order chi connectivity index (χ1) is 13.8. The molecule has 1 aromatic carbocycles. The molecule has 2 bridgehead atoms. The fourth-order valence-corrected chi connectivity index (χ4v) is 5.02. The number of imide groups is 2. The third kappa shape index (κ3) is 3.38. The first-order valence-corrected chi connectivity index (χ1v) is 9.70. The lowest BCUT2D eigenvalue weighted by Crippen LogP contribution is -2.45.